The van der Waals surface area contributed by atoms with Gasteiger partial charge in [0.25, 0.3) is 0 Å². The van der Waals surface area contributed by atoms with E-state index in [1.54, 1.807) is 64.2 Å². The number of amides is 1. The lowest BCUT2D eigenvalue weighted by Crippen LogP contribution is -2.34. The van der Waals surface area contributed by atoms with Crippen LogP contribution in [0.5, 0.6) is 0 Å². The van der Waals surface area contributed by atoms with E-state index in [1.807, 2.05) is 0 Å². The Morgan fingerprint density at radius 2 is 1.83 bits per heavy atom. The molecule has 1 heterocycles. The van der Waals surface area contributed by atoms with Gasteiger partial charge >= 0.3 is 6.09 Å². The summed E-state index contributed by atoms with van der Waals surface area (Å²) in [7, 11) is -1.10. The number of ether oxygens (including phenoxy) is 1. The first-order chi connectivity index (χ1) is 14.0. The Balaban J connectivity index is 2.24. The number of pyridine rings is 1. The fourth-order valence-corrected chi connectivity index (χ4v) is 3.58. The maximum atomic E-state index is 13.9. The summed E-state index contributed by atoms with van der Waals surface area (Å²) < 4.78 is 42.0. The molecule has 0 N–H and O–H groups in total. The van der Waals surface area contributed by atoms with Gasteiger partial charge in [-0.3, -0.25) is 4.90 Å². The molecule has 2 aromatic carbocycles. The SMILES string of the molecule is CN(C(=O)OC(C)(C)C)c1cc2cccc(C[SH](=O)=O)c2nc1-c1cccc(F)c1. The third-order valence-corrected chi connectivity index (χ3v) is 4.93. The van der Waals surface area contributed by atoms with Gasteiger partial charge < -0.3 is 4.74 Å². The maximum absolute atomic E-state index is 13.9. The number of thiol groups is 1. The molecule has 0 aliphatic rings. The predicted octanol–water partition coefficient (Wildman–Crippen LogP) is 4.52. The number of rotatable bonds is 4. The second-order valence-corrected chi connectivity index (χ2v) is 8.87. The second-order valence-electron chi connectivity index (χ2n) is 7.89. The number of carbonyl (C=O) groups is 1. The van der Waals surface area contributed by atoms with Crippen LogP contribution in [-0.2, 0) is 21.2 Å². The van der Waals surface area contributed by atoms with Crippen molar-refractivity contribution in [3.63, 3.8) is 0 Å². The van der Waals surface area contributed by atoms with Gasteiger partial charge in [0.05, 0.1) is 22.7 Å². The van der Waals surface area contributed by atoms with Crippen molar-refractivity contribution in [2.75, 3.05) is 11.9 Å². The van der Waals surface area contributed by atoms with Crippen LogP contribution in [0.1, 0.15) is 26.3 Å². The van der Waals surface area contributed by atoms with Crippen LogP contribution in [0.2, 0.25) is 0 Å². The van der Waals surface area contributed by atoms with Crippen molar-refractivity contribution in [1.29, 1.82) is 0 Å². The third kappa shape index (κ3) is 4.94. The Morgan fingerprint density at radius 3 is 2.47 bits per heavy atom. The highest BCUT2D eigenvalue weighted by molar-refractivity contribution is 7.71. The van der Waals surface area contributed by atoms with E-state index in [1.165, 1.54) is 17.0 Å². The lowest BCUT2D eigenvalue weighted by Gasteiger charge is -2.26. The van der Waals surface area contributed by atoms with Crippen LogP contribution in [0.3, 0.4) is 0 Å². The first-order valence-electron chi connectivity index (χ1n) is 9.32. The Morgan fingerprint density at radius 1 is 1.13 bits per heavy atom. The monoisotopic (exact) mass is 430 g/mol. The highest BCUT2D eigenvalue weighted by Gasteiger charge is 2.24. The van der Waals surface area contributed by atoms with Gasteiger partial charge in [0.2, 0.25) is 0 Å². The molecule has 0 atom stereocenters. The lowest BCUT2D eigenvalue weighted by molar-refractivity contribution is 0.0589. The molecule has 1 aromatic heterocycles. The summed E-state index contributed by atoms with van der Waals surface area (Å²) in [5, 5.41) is 0.662. The zero-order valence-electron chi connectivity index (χ0n) is 17.2. The number of anilines is 1. The Hall–Kier alpha value is -3.00. The second kappa shape index (κ2) is 8.39. The molecule has 0 spiro atoms. The minimum absolute atomic E-state index is 0.163. The van der Waals surface area contributed by atoms with Crippen molar-refractivity contribution in [2.45, 2.75) is 32.1 Å². The van der Waals surface area contributed by atoms with E-state index in [0.29, 0.717) is 33.4 Å². The van der Waals surface area contributed by atoms with Crippen LogP contribution in [0, 0.1) is 5.82 Å². The fraction of sp³-hybridized carbons (Fsp3) is 0.273. The lowest BCUT2D eigenvalue weighted by atomic mass is 10.0. The van der Waals surface area contributed by atoms with Crippen molar-refractivity contribution >= 4 is 33.4 Å². The minimum Gasteiger partial charge on any atom is -0.443 e. The number of benzene rings is 2. The van der Waals surface area contributed by atoms with Gasteiger partial charge in [-0.05, 0) is 44.5 Å². The van der Waals surface area contributed by atoms with E-state index in [-0.39, 0.29) is 5.75 Å². The largest absolute Gasteiger partial charge is 0.443 e. The first kappa shape index (κ1) is 21.7. The smallest absolute Gasteiger partial charge is 0.414 e. The van der Waals surface area contributed by atoms with Gasteiger partial charge in [0.15, 0.2) is 0 Å². The van der Waals surface area contributed by atoms with Gasteiger partial charge in [0.1, 0.15) is 22.1 Å². The summed E-state index contributed by atoms with van der Waals surface area (Å²) in [6.07, 6.45) is -0.583. The first-order valence-corrected chi connectivity index (χ1v) is 10.7. The molecule has 3 aromatic rings. The Kier molecular flexibility index (Phi) is 6.07. The van der Waals surface area contributed by atoms with Gasteiger partial charge in [-0.25, -0.2) is 22.6 Å². The van der Waals surface area contributed by atoms with Crippen molar-refractivity contribution < 1.29 is 22.3 Å². The molecule has 30 heavy (non-hydrogen) atoms. The van der Waals surface area contributed by atoms with E-state index >= 15 is 0 Å². The van der Waals surface area contributed by atoms with Crippen molar-refractivity contribution in [2.24, 2.45) is 0 Å². The van der Waals surface area contributed by atoms with E-state index in [4.69, 9.17) is 4.74 Å². The zero-order valence-corrected chi connectivity index (χ0v) is 18.1. The average molecular weight is 431 g/mol. The Bertz CT molecular complexity index is 1180. The number of nitrogens with zero attached hydrogens (tertiary/aromatic N) is 2. The van der Waals surface area contributed by atoms with Crippen molar-refractivity contribution in [3.05, 3.63) is 59.9 Å². The van der Waals surface area contributed by atoms with Crippen molar-refractivity contribution in [3.8, 4) is 11.3 Å². The van der Waals surface area contributed by atoms with E-state index < -0.39 is 28.2 Å². The molecule has 6 nitrogen and oxygen atoms in total. The number of aromatic nitrogens is 1. The molecule has 158 valence electrons. The molecule has 0 aliphatic carbocycles. The number of para-hydroxylation sites is 1. The topological polar surface area (TPSA) is 76.6 Å². The molecule has 0 fully saturated rings. The average Bonchev–Trinajstić information content (AvgIpc) is 2.65. The maximum Gasteiger partial charge on any atom is 0.414 e. The van der Waals surface area contributed by atoms with Crippen molar-refractivity contribution in [1.82, 2.24) is 4.98 Å². The molecule has 0 saturated carbocycles. The fourth-order valence-electron chi connectivity index (χ4n) is 3.05. The van der Waals surface area contributed by atoms with Crippen LogP contribution in [-0.4, -0.2) is 32.1 Å². The molecule has 0 saturated heterocycles. The van der Waals surface area contributed by atoms with E-state index in [9.17, 15) is 17.6 Å². The molecule has 0 bridgehead atoms. The van der Waals surface area contributed by atoms with Crippen LogP contribution < -0.4 is 4.90 Å². The molecule has 3 rings (SSSR count). The van der Waals surface area contributed by atoms with Crippen LogP contribution in [0.4, 0.5) is 14.9 Å². The van der Waals surface area contributed by atoms with E-state index in [2.05, 4.69) is 4.98 Å². The molecular weight excluding hydrogens is 407 g/mol. The molecule has 8 heteroatoms. The van der Waals surface area contributed by atoms with Gasteiger partial charge in [-0.2, -0.15) is 0 Å². The highest BCUT2D eigenvalue weighted by Crippen LogP contribution is 2.34. The van der Waals surface area contributed by atoms with Crippen LogP contribution in [0.25, 0.3) is 22.2 Å². The molecule has 0 radical (unpaired) electrons. The summed E-state index contributed by atoms with van der Waals surface area (Å²) >= 11 is 0. The predicted molar refractivity (Wildman–Crippen MR) is 116 cm³/mol. The van der Waals surface area contributed by atoms with Gasteiger partial charge in [0, 0.05) is 18.0 Å². The van der Waals surface area contributed by atoms with Gasteiger partial charge in [-0.15, -0.1) is 0 Å². The molecule has 1 amide bonds. The standard InChI is InChI=1S/C22H23FN2O4S/c1-22(2,3)29-21(26)25(4)18-12-15-7-5-9-16(13-30(27)28)19(15)24-20(18)14-8-6-10-17(23)11-14/h5-12,30H,13H2,1-4H3. The number of halogens is 1. The number of carbonyl (C=O) groups excluding carboxylic acids is 1. The number of fused-ring (bicyclic) bond motifs is 1. The highest BCUT2D eigenvalue weighted by atomic mass is 32.2. The van der Waals surface area contributed by atoms with Crippen LogP contribution >= 0.6 is 0 Å². The zero-order chi connectivity index (χ0) is 22.1. The summed E-state index contributed by atoms with van der Waals surface area (Å²) in [5.74, 6) is -0.611. The molecular formula is C22H23FN2O4S. The third-order valence-electron chi connectivity index (χ3n) is 4.34. The minimum atomic E-state index is -2.65. The summed E-state index contributed by atoms with van der Waals surface area (Å²) in [6.45, 7) is 5.30. The Labute approximate surface area is 176 Å². The van der Waals surface area contributed by atoms with Gasteiger partial charge in [-0.1, -0.05) is 30.3 Å². The summed E-state index contributed by atoms with van der Waals surface area (Å²) in [4.78, 5) is 18.7. The molecule has 0 unspecified atom stereocenters. The number of hydrogen-bond donors (Lipinski definition) is 1. The molecule has 0 aliphatic heterocycles. The number of hydrogen-bond acceptors (Lipinski definition) is 5. The van der Waals surface area contributed by atoms with Crippen LogP contribution in [0.15, 0.2) is 48.5 Å². The van der Waals surface area contributed by atoms with E-state index in [0.717, 1.165) is 0 Å². The normalized spacial score (nSPS) is 11.7. The quantitative estimate of drug-likeness (QED) is 0.616. The summed E-state index contributed by atoms with van der Waals surface area (Å²) in [6, 6.07) is 12.8. The summed E-state index contributed by atoms with van der Waals surface area (Å²) in [5.41, 5.74) is 1.56.